The lowest BCUT2D eigenvalue weighted by Crippen LogP contribution is -2.41. The Bertz CT molecular complexity index is 752. The highest BCUT2D eigenvalue weighted by atomic mass is 32.2. The maximum absolute atomic E-state index is 12.7. The van der Waals surface area contributed by atoms with Crippen LogP contribution in [0, 0.1) is 0 Å². The zero-order valence-electron chi connectivity index (χ0n) is 12.2. The second-order valence-corrected chi connectivity index (χ2v) is 7.01. The van der Waals surface area contributed by atoms with Crippen molar-refractivity contribution in [3.05, 3.63) is 36.5 Å². The first-order valence-electron chi connectivity index (χ1n) is 6.92. The number of rotatable bonds is 3. The molecule has 118 valence electrons. The third-order valence-electron chi connectivity index (χ3n) is 3.84. The van der Waals surface area contributed by atoms with Crippen molar-refractivity contribution < 1.29 is 18.3 Å². The molecule has 1 fully saturated rings. The summed E-state index contributed by atoms with van der Waals surface area (Å²) < 4.78 is 26.8. The van der Waals surface area contributed by atoms with Crippen molar-refractivity contribution in [1.82, 2.24) is 9.29 Å². The van der Waals surface area contributed by atoms with Crippen LogP contribution in [0.15, 0.2) is 41.4 Å². The fourth-order valence-electron chi connectivity index (χ4n) is 2.39. The molecule has 1 N–H and O–H groups in total. The van der Waals surface area contributed by atoms with E-state index in [2.05, 4.69) is 4.98 Å². The van der Waals surface area contributed by atoms with Crippen LogP contribution in [-0.4, -0.2) is 42.4 Å². The number of pyridine rings is 1. The van der Waals surface area contributed by atoms with Crippen molar-refractivity contribution in [2.24, 2.45) is 0 Å². The molecular formula is C15H18N2O4S. The largest absolute Gasteiger partial charge is 0.483 e. The third kappa shape index (κ3) is 3.10. The minimum Gasteiger partial charge on any atom is -0.483 e. The van der Waals surface area contributed by atoms with Gasteiger partial charge in [-0.1, -0.05) is 24.6 Å². The second-order valence-electron chi connectivity index (χ2n) is 5.04. The third-order valence-corrected chi connectivity index (χ3v) is 5.78. The van der Waals surface area contributed by atoms with Gasteiger partial charge in [-0.15, -0.1) is 0 Å². The van der Waals surface area contributed by atoms with Crippen LogP contribution in [0.5, 0.6) is 0 Å². The average molecular weight is 322 g/mol. The van der Waals surface area contributed by atoms with Crippen molar-refractivity contribution in [2.75, 3.05) is 7.05 Å². The van der Waals surface area contributed by atoms with Crippen molar-refractivity contribution in [1.29, 1.82) is 0 Å². The number of aromatic nitrogens is 1. The monoisotopic (exact) mass is 322 g/mol. The van der Waals surface area contributed by atoms with Crippen LogP contribution < -0.4 is 0 Å². The van der Waals surface area contributed by atoms with Gasteiger partial charge in [-0.25, -0.2) is 8.42 Å². The van der Waals surface area contributed by atoms with Gasteiger partial charge < -0.3 is 5.11 Å². The van der Waals surface area contributed by atoms with E-state index in [9.17, 15) is 8.42 Å². The molecule has 0 atom stereocenters. The zero-order chi connectivity index (χ0) is 16.2. The lowest BCUT2D eigenvalue weighted by Gasteiger charge is -2.33. The van der Waals surface area contributed by atoms with Crippen molar-refractivity contribution in [3.8, 4) is 0 Å². The molecule has 3 rings (SSSR count). The minimum absolute atomic E-state index is 0.143. The normalized spacial score (nSPS) is 15.0. The number of fused-ring (bicyclic) bond motifs is 1. The van der Waals surface area contributed by atoms with E-state index in [-0.39, 0.29) is 12.5 Å². The molecule has 1 aliphatic rings. The first kappa shape index (κ1) is 16.4. The van der Waals surface area contributed by atoms with E-state index in [1.54, 1.807) is 25.4 Å². The summed E-state index contributed by atoms with van der Waals surface area (Å²) in [6.45, 7) is -0.250. The van der Waals surface area contributed by atoms with Crippen LogP contribution in [0.3, 0.4) is 0 Å². The summed E-state index contributed by atoms with van der Waals surface area (Å²) >= 11 is 0. The molecule has 2 aromatic rings. The molecule has 1 heterocycles. The highest BCUT2D eigenvalue weighted by Crippen LogP contribution is 2.30. The van der Waals surface area contributed by atoms with E-state index in [1.165, 1.54) is 4.31 Å². The number of nitrogens with zero attached hydrogens (tertiary/aromatic N) is 2. The molecule has 6 nitrogen and oxygen atoms in total. The highest BCUT2D eigenvalue weighted by molar-refractivity contribution is 7.89. The second kappa shape index (κ2) is 6.85. The van der Waals surface area contributed by atoms with Gasteiger partial charge in [-0.3, -0.25) is 9.78 Å². The van der Waals surface area contributed by atoms with Gasteiger partial charge in [-0.05, 0) is 25.0 Å². The molecule has 0 radical (unpaired) electrons. The lowest BCUT2D eigenvalue weighted by molar-refractivity contribution is -0.122. The first-order chi connectivity index (χ1) is 10.5. The van der Waals surface area contributed by atoms with Crippen LogP contribution in [0.4, 0.5) is 0 Å². The van der Waals surface area contributed by atoms with Gasteiger partial charge >= 0.3 is 0 Å². The van der Waals surface area contributed by atoms with Gasteiger partial charge in [0.05, 0.1) is 5.52 Å². The summed E-state index contributed by atoms with van der Waals surface area (Å²) in [6.07, 6.45) is 4.64. The lowest BCUT2D eigenvalue weighted by atomic mass is 9.94. The Labute approximate surface area is 129 Å². The number of hydrogen-bond acceptors (Lipinski definition) is 4. The van der Waals surface area contributed by atoms with Gasteiger partial charge in [0, 0.05) is 24.7 Å². The fraction of sp³-hybridized carbons (Fsp3) is 0.333. The van der Waals surface area contributed by atoms with E-state index in [0.29, 0.717) is 10.4 Å². The van der Waals surface area contributed by atoms with E-state index < -0.39 is 10.0 Å². The molecule has 0 bridgehead atoms. The predicted molar refractivity (Wildman–Crippen MR) is 83.0 cm³/mol. The summed E-state index contributed by atoms with van der Waals surface area (Å²) in [7, 11) is -1.79. The Hall–Kier alpha value is -1.99. The molecule has 0 amide bonds. The van der Waals surface area contributed by atoms with Gasteiger partial charge in [0.2, 0.25) is 10.0 Å². The van der Waals surface area contributed by atoms with Crippen molar-refractivity contribution in [3.63, 3.8) is 0 Å². The first-order valence-corrected chi connectivity index (χ1v) is 8.36. The molecule has 0 saturated heterocycles. The number of carboxylic acid groups (broad SMARTS) is 1. The molecule has 7 heteroatoms. The van der Waals surface area contributed by atoms with Crippen LogP contribution in [-0.2, 0) is 14.8 Å². The van der Waals surface area contributed by atoms with Crippen molar-refractivity contribution >= 4 is 27.4 Å². The Balaban J connectivity index is 0.000000545. The predicted octanol–water partition coefficient (Wildman–Crippen LogP) is 2.11. The SMILES string of the molecule is CN(C1CCC1)S(=O)(=O)c1cccc2cccnc12.O=CO. The van der Waals surface area contributed by atoms with Crippen molar-refractivity contribution in [2.45, 2.75) is 30.2 Å². The van der Waals surface area contributed by atoms with E-state index >= 15 is 0 Å². The number of carbonyl (C=O) groups is 1. The van der Waals surface area contributed by atoms with Gasteiger partial charge in [0.25, 0.3) is 6.47 Å². The van der Waals surface area contributed by atoms with E-state index in [0.717, 1.165) is 24.6 Å². The molecule has 1 aromatic carbocycles. The Morgan fingerprint density at radius 3 is 2.50 bits per heavy atom. The molecule has 0 spiro atoms. The summed E-state index contributed by atoms with van der Waals surface area (Å²) in [4.78, 5) is 12.9. The highest BCUT2D eigenvalue weighted by Gasteiger charge is 2.32. The van der Waals surface area contributed by atoms with E-state index in [4.69, 9.17) is 9.90 Å². The Morgan fingerprint density at radius 1 is 1.27 bits per heavy atom. The smallest absolute Gasteiger partial charge is 0.290 e. The van der Waals surface area contributed by atoms with Gasteiger partial charge in [-0.2, -0.15) is 4.31 Å². The van der Waals surface area contributed by atoms with Crippen LogP contribution in [0.1, 0.15) is 19.3 Å². The molecule has 0 unspecified atom stereocenters. The van der Waals surface area contributed by atoms with Gasteiger partial charge in [0.1, 0.15) is 4.90 Å². The molecular weight excluding hydrogens is 304 g/mol. The molecule has 22 heavy (non-hydrogen) atoms. The Kier molecular flexibility index (Phi) is 5.10. The quantitative estimate of drug-likeness (QED) is 0.874. The fourth-order valence-corrected chi connectivity index (χ4v) is 3.97. The van der Waals surface area contributed by atoms with Gasteiger partial charge in [0.15, 0.2) is 0 Å². The number of sulfonamides is 1. The summed E-state index contributed by atoms with van der Waals surface area (Å²) in [5.41, 5.74) is 0.552. The minimum atomic E-state index is -3.45. The molecule has 1 aliphatic carbocycles. The number of para-hydroxylation sites is 1. The average Bonchev–Trinajstić information content (AvgIpc) is 2.45. The standard InChI is InChI=1S/C14H16N2O2S.CH2O2/c1-16(12-7-3-8-12)19(17,18)13-9-2-5-11-6-4-10-15-14(11)13;2-1-3/h2,4-6,9-10,12H,3,7-8H2,1H3;1H,(H,2,3). The van der Waals surface area contributed by atoms with Crippen LogP contribution in [0.2, 0.25) is 0 Å². The van der Waals surface area contributed by atoms with Crippen LogP contribution in [0.25, 0.3) is 10.9 Å². The summed E-state index contributed by atoms with van der Waals surface area (Å²) in [5, 5.41) is 7.74. The maximum Gasteiger partial charge on any atom is 0.290 e. The zero-order valence-corrected chi connectivity index (χ0v) is 13.0. The summed E-state index contributed by atoms with van der Waals surface area (Å²) in [6, 6.07) is 9.12. The number of hydrogen-bond donors (Lipinski definition) is 1. The molecule has 1 aromatic heterocycles. The Morgan fingerprint density at radius 2 is 1.91 bits per heavy atom. The van der Waals surface area contributed by atoms with Crippen LogP contribution >= 0.6 is 0 Å². The molecule has 0 aliphatic heterocycles. The summed E-state index contributed by atoms with van der Waals surface area (Å²) in [5.74, 6) is 0. The number of benzene rings is 1. The topological polar surface area (TPSA) is 87.6 Å². The molecule has 1 saturated carbocycles. The maximum atomic E-state index is 12.7. The van der Waals surface area contributed by atoms with E-state index in [1.807, 2.05) is 18.2 Å².